The molecule has 0 aliphatic carbocycles. The van der Waals surface area contributed by atoms with Crippen molar-refractivity contribution in [1.82, 2.24) is 4.37 Å². The molecule has 0 spiro atoms. The van der Waals surface area contributed by atoms with Gasteiger partial charge in [-0.2, -0.15) is 9.64 Å². The van der Waals surface area contributed by atoms with Crippen LogP contribution < -0.4 is 4.90 Å². The van der Waals surface area contributed by atoms with Crippen LogP contribution in [-0.4, -0.2) is 17.5 Å². The average Bonchev–Trinajstić information content (AvgIpc) is 3.25. The molecule has 0 fully saturated rings. The summed E-state index contributed by atoms with van der Waals surface area (Å²) in [6.45, 7) is 15.5. The molecule has 2 atom stereocenters. The Morgan fingerprint density at radius 3 is 2.11 bits per heavy atom. The van der Waals surface area contributed by atoms with E-state index in [1.165, 1.54) is 74.1 Å². The highest BCUT2D eigenvalue weighted by Gasteiger charge is 2.19. The number of nitriles is 1. The van der Waals surface area contributed by atoms with Crippen LogP contribution >= 0.6 is 11.5 Å². The molecule has 1 heterocycles. The molecule has 2 aromatic rings. The third kappa shape index (κ3) is 8.72. The van der Waals surface area contributed by atoms with Crippen LogP contribution in [0.1, 0.15) is 103 Å². The van der Waals surface area contributed by atoms with Crippen molar-refractivity contribution in [3.05, 3.63) is 35.0 Å². The summed E-state index contributed by atoms with van der Waals surface area (Å²) in [4.78, 5) is 2.65. The maximum Gasteiger partial charge on any atom is 0.176 e. The number of rotatable bonds is 16. The highest BCUT2D eigenvalue weighted by molar-refractivity contribution is 7.10. The van der Waals surface area contributed by atoms with E-state index in [-0.39, 0.29) is 0 Å². The summed E-state index contributed by atoms with van der Waals surface area (Å²) in [5.74, 6) is 1.45. The topological polar surface area (TPSA) is 64.6 Å². The van der Waals surface area contributed by atoms with Crippen LogP contribution in [-0.2, 0) is 6.42 Å². The van der Waals surface area contributed by atoms with Crippen LogP contribution in [0.15, 0.2) is 28.4 Å². The van der Waals surface area contributed by atoms with Gasteiger partial charge in [0.15, 0.2) is 5.00 Å². The Bertz CT molecular complexity index is 940. The van der Waals surface area contributed by atoms with Crippen molar-refractivity contribution in [2.75, 3.05) is 18.0 Å². The number of anilines is 1. The molecule has 0 aliphatic rings. The number of azo groups is 1. The van der Waals surface area contributed by atoms with Gasteiger partial charge in [0.25, 0.3) is 0 Å². The van der Waals surface area contributed by atoms with Gasteiger partial charge in [-0.25, -0.2) is 0 Å². The first-order valence-corrected chi connectivity index (χ1v) is 14.4. The van der Waals surface area contributed by atoms with Gasteiger partial charge in [-0.05, 0) is 73.3 Å². The first-order valence-electron chi connectivity index (χ1n) is 13.7. The first-order chi connectivity index (χ1) is 17.0. The van der Waals surface area contributed by atoms with Gasteiger partial charge in [-0.3, -0.25) is 0 Å². The van der Waals surface area contributed by atoms with Gasteiger partial charge in [-0.1, -0.05) is 73.1 Å². The zero-order chi connectivity index (χ0) is 25.6. The molecule has 2 unspecified atom stereocenters. The standard InChI is InChI=1S/C29H45N5S/c1-7-12-14-23(9-3)20-34(21-24(10-4)15-13-8-2)26-16-17-28(25(11-5)18-26)31-32-29-27(19-30)22(6)33-35-29/h16-18,23-24H,7-15,20-21H2,1-6H3. The normalized spacial score (nSPS) is 13.2. The van der Waals surface area contributed by atoms with Crippen molar-refractivity contribution >= 4 is 27.9 Å². The van der Waals surface area contributed by atoms with E-state index >= 15 is 0 Å². The summed E-state index contributed by atoms with van der Waals surface area (Å²) in [6, 6.07) is 8.83. The molecule has 0 aliphatic heterocycles. The lowest BCUT2D eigenvalue weighted by Gasteiger charge is -2.33. The fraction of sp³-hybridized carbons (Fsp3) is 0.655. The second-order valence-electron chi connectivity index (χ2n) is 9.66. The van der Waals surface area contributed by atoms with E-state index in [2.05, 4.69) is 78.4 Å². The molecule has 35 heavy (non-hydrogen) atoms. The van der Waals surface area contributed by atoms with Gasteiger partial charge in [0, 0.05) is 18.8 Å². The number of benzene rings is 1. The van der Waals surface area contributed by atoms with Crippen LogP contribution in [0, 0.1) is 30.1 Å². The Morgan fingerprint density at radius 1 is 0.971 bits per heavy atom. The zero-order valence-corrected chi connectivity index (χ0v) is 23.6. The van der Waals surface area contributed by atoms with Gasteiger partial charge in [-0.15, -0.1) is 10.2 Å². The minimum Gasteiger partial charge on any atom is -0.371 e. The second-order valence-corrected chi connectivity index (χ2v) is 10.4. The first kappa shape index (κ1) is 29.0. The smallest absolute Gasteiger partial charge is 0.176 e. The van der Waals surface area contributed by atoms with E-state index in [1.54, 1.807) is 0 Å². The lowest BCUT2D eigenvalue weighted by Crippen LogP contribution is -2.34. The number of aromatic nitrogens is 1. The monoisotopic (exact) mass is 495 g/mol. The van der Waals surface area contributed by atoms with Gasteiger partial charge >= 0.3 is 0 Å². The maximum atomic E-state index is 9.39. The van der Waals surface area contributed by atoms with Gasteiger partial charge in [0.2, 0.25) is 0 Å². The summed E-state index contributed by atoms with van der Waals surface area (Å²) < 4.78 is 4.25. The van der Waals surface area contributed by atoms with E-state index in [0.717, 1.165) is 42.7 Å². The summed E-state index contributed by atoms with van der Waals surface area (Å²) in [5, 5.41) is 18.9. The molecule has 5 nitrogen and oxygen atoms in total. The van der Waals surface area contributed by atoms with E-state index in [4.69, 9.17) is 0 Å². The zero-order valence-electron chi connectivity index (χ0n) is 22.8. The summed E-state index contributed by atoms with van der Waals surface area (Å²) in [7, 11) is 0. The van der Waals surface area contributed by atoms with E-state index in [1.807, 2.05) is 6.92 Å². The maximum absolute atomic E-state index is 9.39. The summed E-state index contributed by atoms with van der Waals surface area (Å²) in [6.07, 6.45) is 11.1. The molecular weight excluding hydrogens is 450 g/mol. The quantitative estimate of drug-likeness (QED) is 0.218. The number of hydrogen-bond donors (Lipinski definition) is 0. The van der Waals surface area contributed by atoms with E-state index in [9.17, 15) is 5.26 Å². The van der Waals surface area contributed by atoms with Crippen molar-refractivity contribution in [2.24, 2.45) is 22.1 Å². The minimum absolute atomic E-state index is 0.523. The number of aryl methyl sites for hydroxylation is 2. The van der Waals surface area contributed by atoms with E-state index in [0.29, 0.717) is 10.6 Å². The van der Waals surface area contributed by atoms with Crippen LogP contribution in [0.3, 0.4) is 0 Å². The van der Waals surface area contributed by atoms with Crippen molar-refractivity contribution in [3.63, 3.8) is 0 Å². The molecule has 0 saturated heterocycles. The predicted molar refractivity (Wildman–Crippen MR) is 150 cm³/mol. The second kappa shape index (κ2) is 15.7. The van der Waals surface area contributed by atoms with Crippen molar-refractivity contribution in [1.29, 1.82) is 5.26 Å². The molecule has 0 radical (unpaired) electrons. The lowest BCUT2D eigenvalue weighted by molar-refractivity contribution is 0.403. The molecule has 192 valence electrons. The Morgan fingerprint density at radius 2 is 1.60 bits per heavy atom. The Labute approximate surface area is 217 Å². The molecule has 1 aromatic heterocycles. The molecule has 0 N–H and O–H groups in total. The van der Waals surface area contributed by atoms with Gasteiger partial charge in [0.05, 0.1) is 11.4 Å². The molecule has 6 heteroatoms. The highest BCUT2D eigenvalue weighted by Crippen LogP contribution is 2.32. The fourth-order valence-electron chi connectivity index (χ4n) is 4.55. The van der Waals surface area contributed by atoms with Crippen LogP contribution in [0.5, 0.6) is 0 Å². The number of unbranched alkanes of at least 4 members (excludes halogenated alkanes) is 2. The number of nitrogens with zero attached hydrogens (tertiary/aromatic N) is 5. The fourth-order valence-corrected chi connectivity index (χ4v) is 5.22. The van der Waals surface area contributed by atoms with Crippen molar-refractivity contribution in [3.8, 4) is 6.07 Å². The largest absolute Gasteiger partial charge is 0.371 e. The minimum atomic E-state index is 0.523. The van der Waals surface area contributed by atoms with Crippen LogP contribution in [0.25, 0.3) is 0 Å². The molecule has 0 amide bonds. The third-order valence-electron chi connectivity index (χ3n) is 7.06. The van der Waals surface area contributed by atoms with Gasteiger partial charge < -0.3 is 4.90 Å². The molecule has 0 saturated carbocycles. The Balaban J connectivity index is 2.33. The van der Waals surface area contributed by atoms with Crippen LogP contribution in [0.2, 0.25) is 0 Å². The van der Waals surface area contributed by atoms with E-state index < -0.39 is 0 Å². The molecular formula is C29H45N5S. The molecule has 1 aromatic carbocycles. The Hall–Kier alpha value is -2.26. The van der Waals surface area contributed by atoms with Crippen molar-refractivity contribution in [2.45, 2.75) is 99.3 Å². The van der Waals surface area contributed by atoms with Gasteiger partial charge in [0.1, 0.15) is 11.6 Å². The third-order valence-corrected chi connectivity index (χ3v) is 7.88. The lowest BCUT2D eigenvalue weighted by atomic mass is 9.95. The molecule has 2 rings (SSSR count). The number of hydrogen-bond acceptors (Lipinski definition) is 6. The highest BCUT2D eigenvalue weighted by atomic mass is 32.1. The summed E-state index contributed by atoms with van der Waals surface area (Å²) >= 11 is 1.23. The van der Waals surface area contributed by atoms with Crippen LogP contribution in [0.4, 0.5) is 16.4 Å². The average molecular weight is 496 g/mol. The Kier molecular flexibility index (Phi) is 13.0. The SMILES string of the molecule is CCCCC(CC)CN(CC(CC)CCCC)c1ccc(N=Nc2snc(C)c2C#N)c(CC)c1. The van der Waals surface area contributed by atoms with Crippen molar-refractivity contribution < 1.29 is 0 Å². The molecule has 0 bridgehead atoms. The predicted octanol–water partition coefficient (Wildman–Crippen LogP) is 9.54. The summed E-state index contributed by atoms with van der Waals surface area (Å²) in [5.41, 5.74) is 4.61.